The quantitative estimate of drug-likeness (QED) is 0.688. The largest absolute Gasteiger partial charge is 0.331 e. The lowest BCUT2D eigenvalue weighted by Gasteiger charge is -2.54. The molecule has 1 aliphatic carbocycles. The first kappa shape index (κ1) is 15.3. The Labute approximate surface area is 121 Å². The van der Waals surface area contributed by atoms with Gasteiger partial charge < -0.3 is 8.97 Å². The minimum absolute atomic E-state index is 0.560. The third-order valence-electron chi connectivity index (χ3n) is 6.54. The number of quaternary nitrogens is 2. The van der Waals surface area contributed by atoms with Gasteiger partial charge in [0.05, 0.1) is 54.4 Å². The van der Waals surface area contributed by atoms with Gasteiger partial charge in [-0.25, -0.2) is 0 Å². The topological polar surface area (TPSA) is 0 Å². The molecule has 0 spiro atoms. The Balaban J connectivity index is 2.00. The van der Waals surface area contributed by atoms with Crippen molar-refractivity contribution in [3.05, 3.63) is 0 Å². The van der Waals surface area contributed by atoms with Crippen molar-refractivity contribution in [1.82, 2.24) is 0 Å². The normalized spacial score (nSPS) is 41.5. The molecule has 1 aliphatic heterocycles. The number of hydrogen-bond acceptors (Lipinski definition) is 0. The molecule has 1 saturated carbocycles. The maximum absolute atomic E-state index is 2.56. The molecule has 2 aliphatic rings. The summed E-state index contributed by atoms with van der Waals surface area (Å²) in [6.45, 7) is 13.1. The molecule has 2 nitrogen and oxygen atoms in total. The van der Waals surface area contributed by atoms with Crippen molar-refractivity contribution < 1.29 is 8.97 Å². The van der Waals surface area contributed by atoms with Crippen LogP contribution in [0.15, 0.2) is 0 Å². The lowest BCUT2D eigenvalue weighted by molar-refractivity contribution is -0.931. The molecular formula is C17H36N2+2. The molecular weight excluding hydrogens is 232 g/mol. The molecule has 0 N–H and O–H groups in total. The van der Waals surface area contributed by atoms with Gasteiger partial charge in [0.25, 0.3) is 0 Å². The van der Waals surface area contributed by atoms with Gasteiger partial charge in [0.15, 0.2) is 0 Å². The Morgan fingerprint density at radius 1 is 1.16 bits per heavy atom. The van der Waals surface area contributed by atoms with Gasteiger partial charge >= 0.3 is 0 Å². The van der Waals surface area contributed by atoms with Crippen LogP contribution >= 0.6 is 0 Å². The zero-order chi connectivity index (χ0) is 14.5. The number of piperidine rings is 1. The van der Waals surface area contributed by atoms with E-state index in [2.05, 4.69) is 49.0 Å². The van der Waals surface area contributed by atoms with Gasteiger partial charge in [0.1, 0.15) is 0 Å². The minimum atomic E-state index is 0.560. The van der Waals surface area contributed by atoms with E-state index in [-0.39, 0.29) is 0 Å². The number of likely N-dealkylation sites (tertiary alicyclic amines) is 1. The molecule has 2 bridgehead atoms. The van der Waals surface area contributed by atoms with Crippen LogP contribution in [0.5, 0.6) is 0 Å². The SMILES string of the molecule is CC1(C)[C@H]2CC[C@]1(C)C[N+](C)(CCC[N+](C)(C)C)C2. The Morgan fingerprint density at radius 2 is 1.79 bits per heavy atom. The van der Waals surface area contributed by atoms with Gasteiger partial charge in [-0.05, 0) is 18.3 Å². The van der Waals surface area contributed by atoms with Crippen molar-refractivity contribution in [3.8, 4) is 0 Å². The van der Waals surface area contributed by atoms with Gasteiger partial charge in [-0.2, -0.15) is 0 Å². The third-order valence-corrected chi connectivity index (χ3v) is 6.54. The van der Waals surface area contributed by atoms with E-state index < -0.39 is 0 Å². The summed E-state index contributed by atoms with van der Waals surface area (Å²) in [5.41, 5.74) is 1.13. The van der Waals surface area contributed by atoms with Crippen molar-refractivity contribution in [1.29, 1.82) is 0 Å². The van der Waals surface area contributed by atoms with Crippen LogP contribution in [0.4, 0.5) is 0 Å². The van der Waals surface area contributed by atoms with Crippen molar-refractivity contribution in [2.75, 3.05) is 54.4 Å². The zero-order valence-electron chi connectivity index (χ0n) is 14.4. The van der Waals surface area contributed by atoms with Crippen molar-refractivity contribution in [2.24, 2.45) is 16.7 Å². The van der Waals surface area contributed by atoms with Gasteiger partial charge in [0.2, 0.25) is 0 Å². The highest BCUT2D eigenvalue weighted by Gasteiger charge is 2.60. The summed E-state index contributed by atoms with van der Waals surface area (Å²) >= 11 is 0. The van der Waals surface area contributed by atoms with Crippen LogP contribution < -0.4 is 0 Å². The van der Waals surface area contributed by atoms with Gasteiger partial charge in [-0.1, -0.05) is 20.8 Å². The highest BCUT2D eigenvalue weighted by atomic mass is 15.4. The molecule has 0 aromatic heterocycles. The summed E-state index contributed by atoms with van der Waals surface area (Å²) in [5.74, 6) is 0.945. The fraction of sp³-hybridized carbons (Fsp3) is 1.00. The van der Waals surface area contributed by atoms with E-state index in [1.54, 1.807) is 0 Å². The van der Waals surface area contributed by atoms with E-state index in [4.69, 9.17) is 0 Å². The molecule has 0 aromatic carbocycles. The summed E-state index contributed by atoms with van der Waals surface area (Å²) in [5, 5.41) is 0. The highest BCUT2D eigenvalue weighted by molar-refractivity contribution is 5.02. The smallest absolute Gasteiger partial charge is 0.0844 e. The van der Waals surface area contributed by atoms with Crippen LogP contribution in [-0.2, 0) is 0 Å². The standard InChI is InChI=1S/C17H36N2/c1-16(2)15-9-10-17(16,3)14-19(7,13-15)12-8-11-18(4,5)6/h15H,8-14H2,1-7H3/q+2/t15-,17+,19?/m0/s1. The molecule has 2 heteroatoms. The fourth-order valence-corrected chi connectivity index (χ4v) is 4.81. The second kappa shape index (κ2) is 4.46. The summed E-state index contributed by atoms with van der Waals surface area (Å²) < 4.78 is 2.43. The van der Waals surface area contributed by atoms with Crippen molar-refractivity contribution >= 4 is 0 Å². The fourth-order valence-electron chi connectivity index (χ4n) is 4.81. The number of nitrogens with zero attached hydrogens (tertiary/aromatic N) is 2. The molecule has 1 heterocycles. The summed E-state index contributed by atoms with van der Waals surface area (Å²) in [6.07, 6.45) is 4.28. The van der Waals surface area contributed by atoms with Crippen LogP contribution in [0, 0.1) is 16.7 Å². The third kappa shape index (κ3) is 2.85. The van der Waals surface area contributed by atoms with E-state index in [0.717, 1.165) is 10.4 Å². The maximum atomic E-state index is 2.56. The Hall–Kier alpha value is -0.0800. The van der Waals surface area contributed by atoms with Gasteiger partial charge in [-0.3, -0.25) is 0 Å². The van der Waals surface area contributed by atoms with E-state index in [0.29, 0.717) is 10.8 Å². The lowest BCUT2D eigenvalue weighted by Crippen LogP contribution is -2.61. The van der Waals surface area contributed by atoms with E-state index in [1.165, 1.54) is 49.9 Å². The Bertz CT molecular complexity index is 342. The second-order valence-corrected chi connectivity index (χ2v) is 9.57. The molecule has 2 rings (SSSR count). The summed E-state index contributed by atoms with van der Waals surface area (Å²) in [7, 11) is 9.44. The molecule has 1 unspecified atom stereocenters. The van der Waals surface area contributed by atoms with Crippen molar-refractivity contribution in [3.63, 3.8) is 0 Å². The Kier molecular flexibility index (Phi) is 3.59. The molecule has 0 amide bonds. The van der Waals surface area contributed by atoms with Crippen LogP contribution in [0.3, 0.4) is 0 Å². The molecule has 1 saturated heterocycles. The molecule has 0 aromatic rings. The van der Waals surface area contributed by atoms with Gasteiger partial charge in [0, 0.05) is 17.8 Å². The van der Waals surface area contributed by atoms with E-state index in [9.17, 15) is 0 Å². The molecule has 0 radical (unpaired) electrons. The lowest BCUT2D eigenvalue weighted by atomic mass is 9.62. The average Bonchev–Trinajstić information content (AvgIpc) is 2.36. The molecule has 19 heavy (non-hydrogen) atoms. The predicted octanol–water partition coefficient (Wildman–Crippen LogP) is 2.99. The average molecular weight is 268 g/mol. The maximum Gasteiger partial charge on any atom is 0.0844 e. The second-order valence-electron chi connectivity index (χ2n) is 9.57. The number of rotatable bonds is 4. The highest BCUT2D eigenvalue weighted by Crippen LogP contribution is 2.60. The van der Waals surface area contributed by atoms with E-state index in [1.807, 2.05) is 0 Å². The van der Waals surface area contributed by atoms with Crippen LogP contribution in [0.1, 0.15) is 40.0 Å². The molecule has 2 fully saturated rings. The minimum Gasteiger partial charge on any atom is -0.331 e. The first-order valence-electron chi connectivity index (χ1n) is 8.12. The number of fused-ring (bicyclic) bond motifs is 2. The number of hydrogen-bond donors (Lipinski definition) is 0. The predicted molar refractivity (Wildman–Crippen MR) is 82.9 cm³/mol. The first-order chi connectivity index (χ1) is 8.48. The zero-order valence-corrected chi connectivity index (χ0v) is 14.4. The summed E-state index contributed by atoms with van der Waals surface area (Å²) in [4.78, 5) is 0. The van der Waals surface area contributed by atoms with Crippen molar-refractivity contribution in [2.45, 2.75) is 40.0 Å². The van der Waals surface area contributed by atoms with Crippen LogP contribution in [0.25, 0.3) is 0 Å². The van der Waals surface area contributed by atoms with Crippen LogP contribution in [-0.4, -0.2) is 63.3 Å². The van der Waals surface area contributed by atoms with Gasteiger partial charge in [-0.15, -0.1) is 0 Å². The van der Waals surface area contributed by atoms with E-state index >= 15 is 0 Å². The van der Waals surface area contributed by atoms with Crippen LogP contribution in [0.2, 0.25) is 0 Å². The molecule has 3 atom stereocenters. The molecule has 112 valence electrons. The Morgan fingerprint density at radius 3 is 2.32 bits per heavy atom. The first-order valence-corrected chi connectivity index (χ1v) is 8.12. The summed E-state index contributed by atoms with van der Waals surface area (Å²) in [6, 6.07) is 0. The monoisotopic (exact) mass is 268 g/mol.